The van der Waals surface area contributed by atoms with Gasteiger partial charge in [-0.1, -0.05) is 20.8 Å². The number of carbonyl (C=O) groups excluding carboxylic acids is 2. The second kappa shape index (κ2) is 5.04. The van der Waals surface area contributed by atoms with Crippen LogP contribution in [-0.4, -0.2) is 47.7 Å². The molecular formula is C12H21NO4. The van der Waals surface area contributed by atoms with Crippen molar-refractivity contribution in [2.24, 2.45) is 5.41 Å². The summed E-state index contributed by atoms with van der Waals surface area (Å²) in [7, 11) is 1.29. The maximum absolute atomic E-state index is 12.0. The van der Waals surface area contributed by atoms with Crippen LogP contribution in [0.15, 0.2) is 0 Å². The zero-order chi connectivity index (χ0) is 13.2. The first-order chi connectivity index (χ1) is 7.74. The van der Waals surface area contributed by atoms with Crippen LogP contribution in [0.5, 0.6) is 0 Å². The van der Waals surface area contributed by atoms with Crippen LogP contribution in [0.1, 0.15) is 33.6 Å². The number of esters is 1. The Bertz CT molecular complexity index is 308. The van der Waals surface area contributed by atoms with Gasteiger partial charge in [-0.2, -0.15) is 0 Å². The molecule has 1 saturated heterocycles. The Morgan fingerprint density at radius 2 is 2.00 bits per heavy atom. The minimum absolute atomic E-state index is 0.107. The minimum atomic E-state index is -0.636. The van der Waals surface area contributed by atoms with Crippen LogP contribution in [-0.2, 0) is 14.3 Å². The van der Waals surface area contributed by atoms with Gasteiger partial charge in [-0.15, -0.1) is 0 Å². The third-order valence-electron chi connectivity index (χ3n) is 2.75. The SMILES string of the molecule is COC(=O)C1C[C@@H](O)CN1C(=O)CC(C)(C)C. The number of β-amino-alcohol motifs (C(OH)–C–C–N with tert-alkyl or cyclic N) is 1. The lowest BCUT2D eigenvalue weighted by Gasteiger charge is -2.26. The van der Waals surface area contributed by atoms with E-state index in [1.807, 2.05) is 20.8 Å². The highest BCUT2D eigenvalue weighted by Gasteiger charge is 2.40. The van der Waals surface area contributed by atoms with Crippen molar-refractivity contribution >= 4 is 11.9 Å². The van der Waals surface area contributed by atoms with Gasteiger partial charge in [0.2, 0.25) is 5.91 Å². The van der Waals surface area contributed by atoms with Crippen LogP contribution in [0.4, 0.5) is 0 Å². The van der Waals surface area contributed by atoms with Crippen molar-refractivity contribution in [3.8, 4) is 0 Å². The standard InChI is InChI=1S/C12H21NO4/c1-12(2,3)6-10(15)13-7-8(14)5-9(13)11(16)17-4/h8-9,14H,5-7H2,1-4H3/t8-,9?/m1/s1. The summed E-state index contributed by atoms with van der Waals surface area (Å²) in [6.45, 7) is 6.11. The van der Waals surface area contributed by atoms with E-state index in [1.165, 1.54) is 12.0 Å². The number of hydrogen-bond donors (Lipinski definition) is 1. The molecule has 1 fully saturated rings. The van der Waals surface area contributed by atoms with E-state index >= 15 is 0 Å². The van der Waals surface area contributed by atoms with Crippen molar-refractivity contribution in [1.29, 1.82) is 0 Å². The number of carbonyl (C=O) groups is 2. The summed E-state index contributed by atoms with van der Waals surface area (Å²) in [5, 5.41) is 9.56. The predicted octanol–water partition coefficient (Wildman–Crippen LogP) is 0.557. The summed E-state index contributed by atoms with van der Waals surface area (Å²) in [5.74, 6) is -0.562. The molecule has 0 bridgehead atoms. The Hall–Kier alpha value is -1.10. The van der Waals surface area contributed by atoms with E-state index in [1.54, 1.807) is 0 Å². The van der Waals surface area contributed by atoms with Crippen molar-refractivity contribution < 1.29 is 19.4 Å². The molecule has 1 N–H and O–H groups in total. The van der Waals surface area contributed by atoms with Crippen molar-refractivity contribution in [2.75, 3.05) is 13.7 Å². The van der Waals surface area contributed by atoms with E-state index in [9.17, 15) is 14.7 Å². The molecule has 0 aromatic carbocycles. The number of aliphatic hydroxyl groups is 1. The summed E-state index contributed by atoms with van der Waals surface area (Å²) in [5.41, 5.74) is -0.134. The number of ether oxygens (including phenoxy) is 1. The van der Waals surface area contributed by atoms with Crippen LogP contribution in [0.3, 0.4) is 0 Å². The van der Waals surface area contributed by atoms with Crippen molar-refractivity contribution in [1.82, 2.24) is 4.90 Å². The molecule has 1 unspecified atom stereocenters. The predicted molar refractivity (Wildman–Crippen MR) is 62.2 cm³/mol. The number of hydrogen-bond acceptors (Lipinski definition) is 4. The zero-order valence-electron chi connectivity index (χ0n) is 10.9. The molecule has 2 atom stereocenters. The molecule has 0 radical (unpaired) electrons. The quantitative estimate of drug-likeness (QED) is 0.719. The summed E-state index contributed by atoms with van der Waals surface area (Å²) >= 11 is 0. The van der Waals surface area contributed by atoms with Crippen molar-refractivity contribution in [3.63, 3.8) is 0 Å². The summed E-state index contributed by atoms with van der Waals surface area (Å²) < 4.78 is 4.65. The van der Waals surface area contributed by atoms with Crippen molar-refractivity contribution in [3.05, 3.63) is 0 Å². The molecule has 5 heteroatoms. The minimum Gasteiger partial charge on any atom is -0.467 e. The van der Waals surface area contributed by atoms with E-state index in [0.717, 1.165) is 0 Å². The van der Waals surface area contributed by atoms with Gasteiger partial charge in [0.05, 0.1) is 13.2 Å². The third-order valence-corrected chi connectivity index (χ3v) is 2.75. The zero-order valence-corrected chi connectivity index (χ0v) is 10.9. The molecule has 1 aliphatic rings. The maximum Gasteiger partial charge on any atom is 0.328 e. The van der Waals surface area contributed by atoms with E-state index in [4.69, 9.17) is 0 Å². The first-order valence-corrected chi connectivity index (χ1v) is 5.80. The number of likely N-dealkylation sites (tertiary alicyclic amines) is 1. The normalized spacial score (nSPS) is 24.9. The molecule has 1 aliphatic heterocycles. The van der Waals surface area contributed by atoms with Crippen LogP contribution in [0, 0.1) is 5.41 Å². The molecule has 98 valence electrons. The monoisotopic (exact) mass is 243 g/mol. The maximum atomic E-state index is 12.0. The first-order valence-electron chi connectivity index (χ1n) is 5.80. The van der Waals surface area contributed by atoms with Gasteiger partial charge in [-0.3, -0.25) is 4.79 Å². The molecule has 1 rings (SSSR count). The van der Waals surface area contributed by atoms with E-state index < -0.39 is 18.1 Å². The molecule has 0 aromatic heterocycles. The van der Waals surface area contributed by atoms with Gasteiger partial charge >= 0.3 is 5.97 Å². The van der Waals surface area contributed by atoms with Gasteiger partial charge in [-0.05, 0) is 5.41 Å². The van der Waals surface area contributed by atoms with E-state index in [-0.39, 0.29) is 24.3 Å². The fourth-order valence-electron chi connectivity index (χ4n) is 2.00. The van der Waals surface area contributed by atoms with Gasteiger partial charge in [0.1, 0.15) is 6.04 Å². The first kappa shape index (κ1) is 14.0. The van der Waals surface area contributed by atoms with Gasteiger partial charge in [-0.25, -0.2) is 4.79 Å². The topological polar surface area (TPSA) is 66.8 Å². The van der Waals surface area contributed by atoms with E-state index in [0.29, 0.717) is 6.42 Å². The van der Waals surface area contributed by atoms with Gasteiger partial charge in [0.25, 0.3) is 0 Å². The molecule has 0 aliphatic carbocycles. The average Bonchev–Trinajstić information content (AvgIpc) is 2.56. The summed E-state index contributed by atoms with van der Waals surface area (Å²) in [6, 6.07) is -0.634. The number of amides is 1. The summed E-state index contributed by atoms with van der Waals surface area (Å²) in [6.07, 6.45) is -0.0153. The molecule has 17 heavy (non-hydrogen) atoms. The second-order valence-electron chi connectivity index (χ2n) is 5.71. The molecule has 1 heterocycles. The fourth-order valence-corrected chi connectivity index (χ4v) is 2.00. The molecular weight excluding hydrogens is 222 g/mol. The summed E-state index contributed by atoms with van der Waals surface area (Å²) in [4.78, 5) is 25.0. The lowest BCUT2D eigenvalue weighted by Crippen LogP contribution is -2.42. The van der Waals surface area contributed by atoms with Crippen LogP contribution >= 0.6 is 0 Å². The Morgan fingerprint density at radius 1 is 1.41 bits per heavy atom. The fraction of sp³-hybridized carbons (Fsp3) is 0.833. The largest absolute Gasteiger partial charge is 0.467 e. The molecule has 1 amide bonds. The molecule has 0 saturated carbocycles. The van der Waals surface area contributed by atoms with Crippen LogP contribution < -0.4 is 0 Å². The Kier molecular flexibility index (Phi) is 4.14. The average molecular weight is 243 g/mol. The highest BCUT2D eigenvalue weighted by Crippen LogP contribution is 2.25. The second-order valence-corrected chi connectivity index (χ2v) is 5.71. The molecule has 5 nitrogen and oxygen atoms in total. The van der Waals surface area contributed by atoms with E-state index in [2.05, 4.69) is 4.74 Å². The lowest BCUT2D eigenvalue weighted by molar-refractivity contribution is -0.151. The Labute approximate surface area is 102 Å². The van der Waals surface area contributed by atoms with Crippen LogP contribution in [0.25, 0.3) is 0 Å². The Balaban J connectivity index is 2.73. The number of methoxy groups -OCH3 is 1. The lowest BCUT2D eigenvalue weighted by atomic mass is 9.91. The molecule has 0 aromatic rings. The Morgan fingerprint density at radius 3 is 2.47 bits per heavy atom. The van der Waals surface area contributed by atoms with Gasteiger partial charge < -0.3 is 14.7 Å². The highest BCUT2D eigenvalue weighted by molar-refractivity contribution is 5.85. The number of aliphatic hydroxyl groups excluding tert-OH is 1. The van der Waals surface area contributed by atoms with Gasteiger partial charge in [0.15, 0.2) is 0 Å². The molecule has 0 spiro atoms. The van der Waals surface area contributed by atoms with Crippen molar-refractivity contribution in [2.45, 2.75) is 45.8 Å². The third kappa shape index (κ3) is 3.70. The number of rotatable bonds is 2. The van der Waals surface area contributed by atoms with Gasteiger partial charge in [0, 0.05) is 19.4 Å². The highest BCUT2D eigenvalue weighted by atomic mass is 16.5. The number of nitrogens with zero attached hydrogens (tertiary/aromatic N) is 1. The smallest absolute Gasteiger partial charge is 0.328 e. The van der Waals surface area contributed by atoms with Crippen LogP contribution in [0.2, 0.25) is 0 Å².